The summed E-state index contributed by atoms with van der Waals surface area (Å²) in [6.07, 6.45) is 13.5. The highest BCUT2D eigenvalue weighted by molar-refractivity contribution is 5.81. The van der Waals surface area contributed by atoms with Gasteiger partial charge in [0, 0.05) is 37.4 Å². The smallest absolute Gasteiger partial charge is 0.225 e. The first-order valence-electron chi connectivity index (χ1n) is 11.4. The van der Waals surface area contributed by atoms with Crippen LogP contribution in [0.15, 0.2) is 0 Å². The third-order valence-electron chi connectivity index (χ3n) is 6.99. The second-order valence-corrected chi connectivity index (χ2v) is 9.18. The number of rotatable bonds is 6. The van der Waals surface area contributed by atoms with E-state index in [0.717, 1.165) is 51.5 Å². The van der Waals surface area contributed by atoms with Crippen molar-refractivity contribution in [2.75, 3.05) is 6.54 Å². The van der Waals surface area contributed by atoms with Crippen molar-refractivity contribution in [1.29, 1.82) is 0 Å². The molecule has 2 saturated carbocycles. The first kappa shape index (κ1) is 21.1. The molecule has 0 aromatic carbocycles. The summed E-state index contributed by atoms with van der Waals surface area (Å²) < 4.78 is 0. The number of amides is 3. The Labute approximate surface area is 169 Å². The molecule has 0 bridgehead atoms. The molecule has 1 saturated heterocycles. The molecule has 6 heteroatoms. The molecular weight excluding hydrogens is 354 g/mol. The van der Waals surface area contributed by atoms with Gasteiger partial charge in [0.2, 0.25) is 17.7 Å². The topological polar surface area (TPSA) is 92.5 Å². The second-order valence-electron chi connectivity index (χ2n) is 9.18. The van der Waals surface area contributed by atoms with Crippen molar-refractivity contribution < 1.29 is 14.4 Å². The first-order chi connectivity index (χ1) is 13.5. The molecule has 2 aliphatic carbocycles. The zero-order valence-electron chi connectivity index (χ0n) is 17.2. The SMILES string of the molecule is NC(=O)CC1CCCCN1C(=O)C1CCC(NC(=O)CC2CCCCC2)CC1. The van der Waals surface area contributed by atoms with Crippen LogP contribution in [0, 0.1) is 11.8 Å². The molecule has 3 fully saturated rings. The minimum atomic E-state index is -0.325. The van der Waals surface area contributed by atoms with E-state index in [0.29, 0.717) is 12.3 Å². The van der Waals surface area contributed by atoms with Crippen LogP contribution in [0.5, 0.6) is 0 Å². The van der Waals surface area contributed by atoms with E-state index in [9.17, 15) is 14.4 Å². The molecule has 0 aromatic rings. The van der Waals surface area contributed by atoms with Crippen molar-refractivity contribution in [3.8, 4) is 0 Å². The van der Waals surface area contributed by atoms with E-state index >= 15 is 0 Å². The number of carbonyl (C=O) groups excluding carboxylic acids is 3. The maximum absolute atomic E-state index is 13.0. The molecule has 1 aliphatic heterocycles. The molecule has 0 spiro atoms. The van der Waals surface area contributed by atoms with Gasteiger partial charge < -0.3 is 16.0 Å². The van der Waals surface area contributed by atoms with Crippen molar-refractivity contribution in [3.05, 3.63) is 0 Å². The average molecular weight is 392 g/mol. The Kier molecular flexibility index (Phi) is 7.74. The standard InChI is InChI=1S/C22H37N3O3/c23-20(26)15-19-8-4-5-13-25(19)22(28)17-9-11-18(12-10-17)24-21(27)14-16-6-2-1-3-7-16/h16-19H,1-15H2,(H2,23,26)(H,24,27). The Bertz CT molecular complexity index is 551. The third-order valence-corrected chi connectivity index (χ3v) is 6.99. The van der Waals surface area contributed by atoms with Crippen LogP contribution >= 0.6 is 0 Å². The van der Waals surface area contributed by atoms with E-state index in [-0.39, 0.29) is 42.1 Å². The highest BCUT2D eigenvalue weighted by Gasteiger charge is 2.34. The fraction of sp³-hybridized carbons (Fsp3) is 0.864. The molecule has 6 nitrogen and oxygen atoms in total. The number of nitrogens with zero attached hydrogens (tertiary/aromatic N) is 1. The fourth-order valence-corrected chi connectivity index (χ4v) is 5.39. The normalized spacial score (nSPS) is 29.3. The van der Waals surface area contributed by atoms with Crippen LogP contribution in [0.1, 0.15) is 89.9 Å². The van der Waals surface area contributed by atoms with Crippen molar-refractivity contribution >= 4 is 17.7 Å². The molecule has 1 unspecified atom stereocenters. The van der Waals surface area contributed by atoms with Gasteiger partial charge in [-0.2, -0.15) is 0 Å². The largest absolute Gasteiger partial charge is 0.370 e. The minimum absolute atomic E-state index is 0.0216. The van der Waals surface area contributed by atoms with Crippen molar-refractivity contribution in [2.24, 2.45) is 17.6 Å². The number of nitrogens with two attached hydrogens (primary N) is 1. The van der Waals surface area contributed by atoms with E-state index in [1.807, 2.05) is 4.90 Å². The number of carbonyl (C=O) groups is 3. The summed E-state index contributed by atoms with van der Waals surface area (Å²) >= 11 is 0. The van der Waals surface area contributed by atoms with Crippen LogP contribution in [-0.2, 0) is 14.4 Å². The van der Waals surface area contributed by atoms with Crippen LogP contribution in [0.2, 0.25) is 0 Å². The summed E-state index contributed by atoms with van der Waals surface area (Å²) in [6.45, 7) is 0.745. The van der Waals surface area contributed by atoms with E-state index < -0.39 is 0 Å². The lowest BCUT2D eigenvalue weighted by Gasteiger charge is -2.39. The Hall–Kier alpha value is -1.59. The monoisotopic (exact) mass is 391 g/mol. The zero-order chi connectivity index (χ0) is 19.9. The predicted octanol–water partition coefficient (Wildman–Crippen LogP) is 2.89. The van der Waals surface area contributed by atoms with Crippen molar-refractivity contribution in [2.45, 2.75) is 102 Å². The fourth-order valence-electron chi connectivity index (χ4n) is 5.39. The van der Waals surface area contributed by atoms with E-state index in [4.69, 9.17) is 5.73 Å². The number of hydrogen-bond acceptors (Lipinski definition) is 3. The maximum Gasteiger partial charge on any atom is 0.225 e. The predicted molar refractivity (Wildman–Crippen MR) is 108 cm³/mol. The van der Waals surface area contributed by atoms with Gasteiger partial charge in [0.1, 0.15) is 0 Å². The second kappa shape index (κ2) is 10.3. The van der Waals surface area contributed by atoms with Gasteiger partial charge in [-0.1, -0.05) is 19.3 Å². The third kappa shape index (κ3) is 5.95. The quantitative estimate of drug-likeness (QED) is 0.729. The Morgan fingerprint density at radius 2 is 1.50 bits per heavy atom. The first-order valence-corrected chi connectivity index (χ1v) is 11.4. The van der Waals surface area contributed by atoms with Gasteiger partial charge in [-0.25, -0.2) is 0 Å². The van der Waals surface area contributed by atoms with Crippen LogP contribution < -0.4 is 11.1 Å². The molecule has 1 atom stereocenters. The van der Waals surface area contributed by atoms with Gasteiger partial charge in [-0.15, -0.1) is 0 Å². The lowest BCUT2D eigenvalue weighted by Crippen LogP contribution is -2.49. The van der Waals surface area contributed by atoms with E-state index in [2.05, 4.69) is 5.32 Å². The lowest BCUT2D eigenvalue weighted by molar-refractivity contribution is -0.141. The van der Waals surface area contributed by atoms with Crippen molar-refractivity contribution in [1.82, 2.24) is 10.2 Å². The Morgan fingerprint density at radius 3 is 2.18 bits per heavy atom. The molecule has 3 N–H and O–H groups in total. The summed E-state index contributed by atoms with van der Waals surface area (Å²) in [5, 5.41) is 3.22. The van der Waals surface area contributed by atoms with Gasteiger partial charge in [-0.3, -0.25) is 14.4 Å². The molecule has 28 heavy (non-hydrogen) atoms. The molecule has 3 aliphatic rings. The number of likely N-dealkylation sites (tertiary alicyclic amines) is 1. The number of primary amides is 1. The van der Waals surface area contributed by atoms with Crippen LogP contribution in [0.25, 0.3) is 0 Å². The van der Waals surface area contributed by atoms with Crippen LogP contribution in [0.4, 0.5) is 0 Å². The van der Waals surface area contributed by atoms with E-state index in [1.165, 1.54) is 32.1 Å². The number of piperidine rings is 1. The molecule has 1 heterocycles. The van der Waals surface area contributed by atoms with Gasteiger partial charge in [-0.05, 0) is 63.7 Å². The Morgan fingerprint density at radius 1 is 0.821 bits per heavy atom. The van der Waals surface area contributed by atoms with Gasteiger partial charge in [0.05, 0.1) is 0 Å². The molecule has 0 radical (unpaired) electrons. The van der Waals surface area contributed by atoms with Crippen LogP contribution in [0.3, 0.4) is 0 Å². The van der Waals surface area contributed by atoms with Crippen molar-refractivity contribution in [3.63, 3.8) is 0 Å². The van der Waals surface area contributed by atoms with Crippen LogP contribution in [-0.4, -0.2) is 41.2 Å². The summed E-state index contributed by atoms with van der Waals surface area (Å²) in [7, 11) is 0. The number of hydrogen-bond donors (Lipinski definition) is 2. The molecule has 3 rings (SSSR count). The van der Waals surface area contributed by atoms with Gasteiger partial charge in [0.25, 0.3) is 0 Å². The zero-order valence-corrected chi connectivity index (χ0v) is 17.2. The van der Waals surface area contributed by atoms with Gasteiger partial charge >= 0.3 is 0 Å². The summed E-state index contributed by atoms with van der Waals surface area (Å²) in [5.74, 6) is 0.652. The lowest BCUT2D eigenvalue weighted by atomic mass is 9.83. The molecular formula is C22H37N3O3. The highest BCUT2D eigenvalue weighted by Crippen LogP contribution is 2.30. The van der Waals surface area contributed by atoms with E-state index in [1.54, 1.807) is 0 Å². The van der Waals surface area contributed by atoms with Gasteiger partial charge in [0.15, 0.2) is 0 Å². The average Bonchev–Trinajstić information content (AvgIpc) is 2.69. The highest BCUT2D eigenvalue weighted by atomic mass is 16.2. The Balaban J connectivity index is 1.43. The number of nitrogens with one attached hydrogen (secondary N) is 1. The maximum atomic E-state index is 13.0. The summed E-state index contributed by atoms with van der Waals surface area (Å²) in [4.78, 5) is 38.6. The molecule has 0 aromatic heterocycles. The molecule has 3 amide bonds. The molecule has 158 valence electrons. The summed E-state index contributed by atoms with van der Waals surface area (Å²) in [6, 6.07) is 0.189. The summed E-state index contributed by atoms with van der Waals surface area (Å²) in [5.41, 5.74) is 5.38. The minimum Gasteiger partial charge on any atom is -0.370 e.